The highest BCUT2D eigenvalue weighted by Gasteiger charge is 2.03. The van der Waals surface area contributed by atoms with Gasteiger partial charge >= 0.3 is 0 Å². The number of carbonyl (C=O) groups is 1. The molecule has 0 spiro atoms. The quantitative estimate of drug-likeness (QED) is 0.799. The molecule has 2 rings (SSSR count). The molecule has 0 aliphatic heterocycles. The van der Waals surface area contributed by atoms with Gasteiger partial charge in [0.25, 0.3) is 0 Å². The standard InChI is InChI=1S/C12H12N2O2/c1-8-5-10(13-7-15)6-9-3-4-11(16-2)14-12(8)9/h3-7H,1-2H3,(H,13,15). The molecule has 0 aliphatic rings. The zero-order valence-electron chi connectivity index (χ0n) is 9.15. The van der Waals surface area contributed by atoms with Gasteiger partial charge in [0, 0.05) is 17.1 Å². The molecule has 1 N–H and O–H groups in total. The van der Waals surface area contributed by atoms with Crippen molar-refractivity contribution in [2.24, 2.45) is 0 Å². The van der Waals surface area contributed by atoms with Crippen LogP contribution in [-0.4, -0.2) is 18.5 Å². The Balaban J connectivity index is 2.61. The van der Waals surface area contributed by atoms with Gasteiger partial charge in [0.15, 0.2) is 0 Å². The Morgan fingerprint density at radius 3 is 2.88 bits per heavy atom. The maximum absolute atomic E-state index is 10.4. The van der Waals surface area contributed by atoms with Crippen molar-refractivity contribution in [3.05, 3.63) is 29.8 Å². The number of fused-ring (bicyclic) bond motifs is 1. The predicted molar refractivity (Wildman–Crippen MR) is 62.7 cm³/mol. The van der Waals surface area contributed by atoms with Crippen molar-refractivity contribution in [1.29, 1.82) is 0 Å². The van der Waals surface area contributed by atoms with Crippen molar-refractivity contribution in [3.63, 3.8) is 0 Å². The Bertz CT molecular complexity index is 538. The number of hydrogen-bond donors (Lipinski definition) is 1. The number of hydrogen-bond acceptors (Lipinski definition) is 3. The Kier molecular flexibility index (Phi) is 2.72. The molecule has 2 aromatic rings. The predicted octanol–water partition coefficient (Wildman–Crippen LogP) is 2.12. The van der Waals surface area contributed by atoms with E-state index in [9.17, 15) is 4.79 Å². The van der Waals surface area contributed by atoms with Crippen LogP contribution in [0.3, 0.4) is 0 Å². The van der Waals surface area contributed by atoms with Crippen LogP contribution in [0.5, 0.6) is 5.88 Å². The van der Waals surface area contributed by atoms with Gasteiger partial charge in [-0.25, -0.2) is 4.98 Å². The van der Waals surface area contributed by atoms with Crippen LogP contribution < -0.4 is 10.1 Å². The van der Waals surface area contributed by atoms with Crippen molar-refractivity contribution in [1.82, 2.24) is 4.98 Å². The number of nitrogens with one attached hydrogen (secondary N) is 1. The Labute approximate surface area is 93.3 Å². The Morgan fingerprint density at radius 2 is 2.19 bits per heavy atom. The van der Waals surface area contributed by atoms with Gasteiger partial charge in [0.05, 0.1) is 12.6 Å². The number of benzene rings is 1. The van der Waals surface area contributed by atoms with Gasteiger partial charge < -0.3 is 10.1 Å². The number of pyridine rings is 1. The third kappa shape index (κ3) is 1.82. The zero-order valence-corrected chi connectivity index (χ0v) is 9.15. The summed E-state index contributed by atoms with van der Waals surface area (Å²) in [6, 6.07) is 7.48. The lowest BCUT2D eigenvalue weighted by Crippen LogP contribution is -1.96. The van der Waals surface area contributed by atoms with E-state index in [2.05, 4.69) is 10.3 Å². The molecule has 0 radical (unpaired) electrons. The summed E-state index contributed by atoms with van der Waals surface area (Å²) < 4.78 is 5.07. The van der Waals surface area contributed by atoms with Crippen LogP contribution in [0.2, 0.25) is 0 Å². The maximum Gasteiger partial charge on any atom is 0.213 e. The summed E-state index contributed by atoms with van der Waals surface area (Å²) >= 11 is 0. The van der Waals surface area contributed by atoms with Gasteiger partial charge in [-0.1, -0.05) is 0 Å². The van der Waals surface area contributed by atoms with Crippen LogP contribution in [0.15, 0.2) is 24.3 Å². The molecule has 4 heteroatoms. The second-order valence-corrected chi connectivity index (χ2v) is 3.48. The van der Waals surface area contributed by atoms with E-state index in [1.807, 2.05) is 25.1 Å². The zero-order chi connectivity index (χ0) is 11.5. The van der Waals surface area contributed by atoms with Gasteiger partial charge in [-0.2, -0.15) is 0 Å². The van der Waals surface area contributed by atoms with E-state index < -0.39 is 0 Å². The smallest absolute Gasteiger partial charge is 0.213 e. The number of methoxy groups -OCH3 is 1. The largest absolute Gasteiger partial charge is 0.481 e. The number of anilines is 1. The number of aromatic nitrogens is 1. The van der Waals surface area contributed by atoms with Crippen molar-refractivity contribution >= 4 is 23.0 Å². The molecule has 1 aromatic carbocycles. The molecule has 16 heavy (non-hydrogen) atoms. The summed E-state index contributed by atoms with van der Waals surface area (Å²) in [4.78, 5) is 14.7. The summed E-state index contributed by atoms with van der Waals surface area (Å²) in [5, 5.41) is 3.61. The first-order valence-electron chi connectivity index (χ1n) is 4.90. The first-order valence-corrected chi connectivity index (χ1v) is 4.90. The molecule has 1 aromatic heterocycles. The fourth-order valence-corrected chi connectivity index (χ4v) is 1.66. The topological polar surface area (TPSA) is 51.2 Å². The van der Waals surface area contributed by atoms with E-state index in [1.54, 1.807) is 13.2 Å². The molecule has 0 saturated heterocycles. The summed E-state index contributed by atoms with van der Waals surface area (Å²) in [7, 11) is 1.59. The summed E-state index contributed by atoms with van der Waals surface area (Å²) in [5.74, 6) is 0.590. The fraction of sp³-hybridized carbons (Fsp3) is 0.167. The Hall–Kier alpha value is -2.10. The SMILES string of the molecule is COc1ccc2cc(NC=O)cc(C)c2n1. The molecule has 0 fully saturated rings. The molecule has 0 unspecified atom stereocenters. The number of nitrogens with zero attached hydrogens (tertiary/aromatic N) is 1. The molecule has 0 saturated carbocycles. The van der Waals surface area contributed by atoms with Gasteiger partial charge in [0.2, 0.25) is 12.3 Å². The third-order valence-corrected chi connectivity index (χ3v) is 2.39. The number of rotatable bonds is 3. The molecule has 0 bridgehead atoms. The van der Waals surface area contributed by atoms with Crippen LogP contribution in [0.1, 0.15) is 5.56 Å². The van der Waals surface area contributed by atoms with E-state index in [-0.39, 0.29) is 0 Å². The highest BCUT2D eigenvalue weighted by Crippen LogP contribution is 2.23. The number of amides is 1. The first-order chi connectivity index (χ1) is 7.74. The molecular formula is C12H12N2O2. The average molecular weight is 216 g/mol. The number of aryl methyl sites for hydroxylation is 1. The van der Waals surface area contributed by atoms with Crippen molar-refractivity contribution in [2.45, 2.75) is 6.92 Å². The van der Waals surface area contributed by atoms with Crippen molar-refractivity contribution in [3.8, 4) is 5.88 Å². The summed E-state index contributed by atoms with van der Waals surface area (Å²) in [6.45, 7) is 1.95. The number of carbonyl (C=O) groups excluding carboxylic acids is 1. The minimum absolute atomic E-state index is 0.590. The molecule has 82 valence electrons. The monoisotopic (exact) mass is 216 g/mol. The lowest BCUT2D eigenvalue weighted by atomic mass is 10.1. The maximum atomic E-state index is 10.4. The molecule has 0 atom stereocenters. The molecule has 1 amide bonds. The fourth-order valence-electron chi connectivity index (χ4n) is 1.66. The lowest BCUT2D eigenvalue weighted by Gasteiger charge is -2.07. The average Bonchev–Trinajstić information content (AvgIpc) is 2.29. The molecular weight excluding hydrogens is 204 g/mol. The minimum Gasteiger partial charge on any atom is -0.481 e. The first kappa shape index (κ1) is 10.4. The summed E-state index contributed by atoms with van der Waals surface area (Å²) in [5.41, 5.74) is 2.66. The second-order valence-electron chi connectivity index (χ2n) is 3.48. The lowest BCUT2D eigenvalue weighted by molar-refractivity contribution is -0.105. The highest BCUT2D eigenvalue weighted by atomic mass is 16.5. The van der Waals surface area contributed by atoms with E-state index in [4.69, 9.17) is 4.74 Å². The van der Waals surface area contributed by atoms with Crippen LogP contribution in [0.25, 0.3) is 10.9 Å². The van der Waals surface area contributed by atoms with Crippen LogP contribution >= 0.6 is 0 Å². The molecule has 0 aliphatic carbocycles. The van der Waals surface area contributed by atoms with Crippen LogP contribution in [0, 0.1) is 6.92 Å². The van der Waals surface area contributed by atoms with E-state index >= 15 is 0 Å². The van der Waals surface area contributed by atoms with E-state index in [0.717, 1.165) is 22.2 Å². The number of ether oxygens (including phenoxy) is 1. The van der Waals surface area contributed by atoms with Gasteiger partial charge in [0.1, 0.15) is 0 Å². The van der Waals surface area contributed by atoms with Gasteiger partial charge in [-0.15, -0.1) is 0 Å². The van der Waals surface area contributed by atoms with Gasteiger partial charge in [-0.3, -0.25) is 4.79 Å². The van der Waals surface area contributed by atoms with Crippen molar-refractivity contribution < 1.29 is 9.53 Å². The second kappa shape index (κ2) is 4.18. The molecule has 1 heterocycles. The van der Waals surface area contributed by atoms with Crippen LogP contribution in [-0.2, 0) is 4.79 Å². The van der Waals surface area contributed by atoms with E-state index in [1.165, 1.54) is 0 Å². The minimum atomic E-state index is 0.590. The summed E-state index contributed by atoms with van der Waals surface area (Å²) in [6.07, 6.45) is 0.664. The van der Waals surface area contributed by atoms with E-state index in [0.29, 0.717) is 12.3 Å². The Morgan fingerprint density at radius 1 is 1.38 bits per heavy atom. The third-order valence-electron chi connectivity index (χ3n) is 2.39. The highest BCUT2D eigenvalue weighted by molar-refractivity contribution is 5.88. The normalized spacial score (nSPS) is 10.1. The van der Waals surface area contributed by atoms with Crippen molar-refractivity contribution in [2.75, 3.05) is 12.4 Å². The molecule has 4 nitrogen and oxygen atoms in total. The van der Waals surface area contributed by atoms with Gasteiger partial charge in [-0.05, 0) is 30.7 Å². The van der Waals surface area contributed by atoms with Crippen LogP contribution in [0.4, 0.5) is 5.69 Å².